The van der Waals surface area contributed by atoms with Crippen LogP contribution in [-0.2, 0) is 20.7 Å². The van der Waals surface area contributed by atoms with Crippen molar-refractivity contribution < 1.29 is 14.3 Å². The Labute approximate surface area is 157 Å². The van der Waals surface area contributed by atoms with Crippen molar-refractivity contribution in [1.82, 2.24) is 4.98 Å². The van der Waals surface area contributed by atoms with Crippen LogP contribution in [0.1, 0.15) is 18.4 Å². The molecule has 0 aliphatic rings. The fraction of sp³-hybridized carbons (Fsp3) is 0.238. The molecule has 140 valence electrons. The summed E-state index contributed by atoms with van der Waals surface area (Å²) in [6, 6.07) is 15.2. The second-order valence-electron chi connectivity index (χ2n) is 6.32. The van der Waals surface area contributed by atoms with Crippen molar-refractivity contribution in [2.24, 2.45) is 0 Å². The number of nitrogens with one attached hydrogen (secondary N) is 3. The maximum absolute atomic E-state index is 12.2. The van der Waals surface area contributed by atoms with Crippen molar-refractivity contribution >= 4 is 34.1 Å². The predicted octanol–water partition coefficient (Wildman–Crippen LogP) is 3.71. The first-order valence-electron chi connectivity index (χ1n) is 8.89. The average molecular weight is 365 g/mol. The van der Waals surface area contributed by atoms with Gasteiger partial charge in [-0.05, 0) is 42.7 Å². The minimum absolute atomic E-state index is 0.00950. The van der Waals surface area contributed by atoms with Crippen LogP contribution in [0.25, 0.3) is 10.9 Å². The van der Waals surface area contributed by atoms with E-state index in [1.807, 2.05) is 24.4 Å². The van der Waals surface area contributed by atoms with Crippen LogP contribution in [0.2, 0.25) is 0 Å². The molecule has 0 atom stereocenters. The molecule has 3 rings (SSSR count). The van der Waals surface area contributed by atoms with E-state index in [0.29, 0.717) is 17.8 Å². The Morgan fingerprint density at radius 2 is 1.74 bits per heavy atom. The highest BCUT2D eigenvalue weighted by Gasteiger charge is 2.07. The van der Waals surface area contributed by atoms with Crippen LogP contribution >= 0.6 is 0 Å². The van der Waals surface area contributed by atoms with E-state index in [2.05, 4.69) is 21.7 Å². The molecule has 2 aromatic carbocycles. The van der Waals surface area contributed by atoms with Crippen molar-refractivity contribution in [2.45, 2.75) is 19.3 Å². The number of anilines is 2. The lowest BCUT2D eigenvalue weighted by Crippen LogP contribution is -2.17. The lowest BCUT2D eigenvalue weighted by molar-refractivity contribution is -0.119. The quantitative estimate of drug-likeness (QED) is 0.569. The Kier molecular flexibility index (Phi) is 6.22. The van der Waals surface area contributed by atoms with Gasteiger partial charge in [-0.2, -0.15) is 0 Å². The number of para-hydroxylation sites is 1. The number of aromatic nitrogens is 1. The summed E-state index contributed by atoms with van der Waals surface area (Å²) in [5.74, 6) is -0.282. The van der Waals surface area contributed by atoms with Gasteiger partial charge in [-0.25, -0.2) is 0 Å². The number of methoxy groups -OCH3 is 1. The van der Waals surface area contributed by atoms with Gasteiger partial charge < -0.3 is 20.4 Å². The van der Waals surface area contributed by atoms with Crippen molar-refractivity contribution in [3.8, 4) is 0 Å². The van der Waals surface area contributed by atoms with Crippen molar-refractivity contribution in [1.29, 1.82) is 0 Å². The van der Waals surface area contributed by atoms with Crippen molar-refractivity contribution in [2.75, 3.05) is 24.4 Å². The third kappa shape index (κ3) is 5.18. The SMILES string of the molecule is COCC(=O)Nc1cccc(NC(=O)CCCc2c[nH]c3ccccc23)c1. The smallest absolute Gasteiger partial charge is 0.250 e. The summed E-state index contributed by atoms with van der Waals surface area (Å²) < 4.78 is 4.79. The first kappa shape index (κ1) is 18.7. The highest BCUT2D eigenvalue weighted by molar-refractivity contribution is 5.94. The molecule has 3 aromatic rings. The molecule has 0 saturated heterocycles. The number of carbonyl (C=O) groups excluding carboxylic acids is 2. The van der Waals surface area contributed by atoms with Crippen LogP contribution in [0.3, 0.4) is 0 Å². The number of rotatable bonds is 8. The van der Waals surface area contributed by atoms with Crippen LogP contribution in [0, 0.1) is 0 Å². The molecule has 0 fully saturated rings. The number of benzene rings is 2. The Morgan fingerprint density at radius 3 is 2.52 bits per heavy atom. The first-order valence-corrected chi connectivity index (χ1v) is 8.89. The second kappa shape index (κ2) is 9.00. The number of H-pyrrole nitrogens is 1. The fourth-order valence-electron chi connectivity index (χ4n) is 3.00. The normalized spacial score (nSPS) is 10.7. The number of aromatic amines is 1. The zero-order valence-corrected chi connectivity index (χ0v) is 15.2. The molecule has 6 heteroatoms. The largest absolute Gasteiger partial charge is 0.375 e. The van der Waals surface area contributed by atoms with Gasteiger partial charge >= 0.3 is 0 Å². The summed E-state index contributed by atoms with van der Waals surface area (Å²) in [4.78, 5) is 27.0. The van der Waals surface area contributed by atoms with Gasteiger partial charge in [-0.3, -0.25) is 9.59 Å². The van der Waals surface area contributed by atoms with E-state index < -0.39 is 0 Å². The number of amides is 2. The molecule has 0 unspecified atom stereocenters. The number of fused-ring (bicyclic) bond motifs is 1. The maximum atomic E-state index is 12.2. The number of hydrogen-bond acceptors (Lipinski definition) is 3. The van der Waals surface area contributed by atoms with Gasteiger partial charge in [0.2, 0.25) is 11.8 Å². The van der Waals surface area contributed by atoms with Crippen LogP contribution < -0.4 is 10.6 Å². The van der Waals surface area contributed by atoms with E-state index in [0.717, 1.165) is 18.4 Å². The minimum atomic E-state index is -0.236. The molecular formula is C21H23N3O3. The van der Waals surface area contributed by atoms with Gasteiger partial charge in [-0.1, -0.05) is 24.3 Å². The number of carbonyl (C=O) groups is 2. The predicted molar refractivity (Wildman–Crippen MR) is 107 cm³/mol. The van der Waals surface area contributed by atoms with Gasteiger partial charge in [0.15, 0.2) is 0 Å². The molecule has 0 spiro atoms. The third-order valence-corrected chi connectivity index (χ3v) is 4.23. The molecular weight excluding hydrogens is 342 g/mol. The van der Waals surface area contributed by atoms with Crippen LogP contribution in [0.4, 0.5) is 11.4 Å². The highest BCUT2D eigenvalue weighted by Crippen LogP contribution is 2.20. The summed E-state index contributed by atoms with van der Waals surface area (Å²) >= 11 is 0. The van der Waals surface area contributed by atoms with Crippen LogP contribution in [0.15, 0.2) is 54.7 Å². The Hall–Kier alpha value is -3.12. The molecule has 0 aliphatic carbocycles. The van der Waals surface area contributed by atoms with Crippen LogP contribution in [0.5, 0.6) is 0 Å². The van der Waals surface area contributed by atoms with Gasteiger partial charge in [0.05, 0.1) is 0 Å². The Bertz CT molecular complexity index is 933. The summed E-state index contributed by atoms with van der Waals surface area (Å²) in [7, 11) is 1.46. The number of aryl methyl sites for hydroxylation is 1. The summed E-state index contributed by atoms with van der Waals surface area (Å²) in [5, 5.41) is 6.80. The monoisotopic (exact) mass is 365 g/mol. The van der Waals surface area contributed by atoms with E-state index in [1.165, 1.54) is 18.1 Å². The first-order chi connectivity index (χ1) is 13.2. The average Bonchev–Trinajstić information content (AvgIpc) is 3.05. The maximum Gasteiger partial charge on any atom is 0.250 e. The molecule has 1 heterocycles. The molecule has 3 N–H and O–H groups in total. The summed E-state index contributed by atoms with van der Waals surface area (Å²) in [6.45, 7) is -0.00950. The second-order valence-corrected chi connectivity index (χ2v) is 6.32. The minimum Gasteiger partial charge on any atom is -0.375 e. The zero-order chi connectivity index (χ0) is 19.1. The molecule has 0 saturated carbocycles. The standard InChI is InChI=1S/C21H23N3O3/c1-27-14-21(26)24-17-8-5-7-16(12-17)23-20(25)11-4-6-15-13-22-19-10-3-2-9-18(15)19/h2-3,5,7-10,12-13,22H,4,6,11,14H2,1H3,(H,23,25)(H,24,26). The Balaban J connectivity index is 1.50. The summed E-state index contributed by atoms with van der Waals surface area (Å²) in [5.41, 5.74) is 3.61. The van der Waals surface area contributed by atoms with E-state index in [1.54, 1.807) is 24.3 Å². The zero-order valence-electron chi connectivity index (χ0n) is 15.2. The van der Waals surface area contributed by atoms with Gasteiger partial charge in [0.25, 0.3) is 0 Å². The lowest BCUT2D eigenvalue weighted by atomic mass is 10.1. The highest BCUT2D eigenvalue weighted by atomic mass is 16.5. The van der Waals surface area contributed by atoms with E-state index >= 15 is 0 Å². The Morgan fingerprint density at radius 1 is 1.00 bits per heavy atom. The molecule has 0 aliphatic heterocycles. The van der Waals surface area contributed by atoms with Gasteiger partial charge in [0, 0.05) is 42.0 Å². The fourth-order valence-corrected chi connectivity index (χ4v) is 3.00. The van der Waals surface area contributed by atoms with Crippen LogP contribution in [-0.4, -0.2) is 30.5 Å². The molecule has 0 radical (unpaired) electrons. The lowest BCUT2D eigenvalue weighted by Gasteiger charge is -2.08. The van der Waals surface area contributed by atoms with E-state index in [-0.39, 0.29) is 18.4 Å². The van der Waals surface area contributed by atoms with Crippen molar-refractivity contribution in [3.63, 3.8) is 0 Å². The van der Waals surface area contributed by atoms with E-state index in [4.69, 9.17) is 4.74 Å². The number of hydrogen-bond donors (Lipinski definition) is 3. The van der Waals surface area contributed by atoms with Gasteiger partial charge in [-0.15, -0.1) is 0 Å². The third-order valence-electron chi connectivity index (χ3n) is 4.23. The van der Waals surface area contributed by atoms with E-state index in [9.17, 15) is 9.59 Å². The molecule has 1 aromatic heterocycles. The van der Waals surface area contributed by atoms with Crippen molar-refractivity contribution in [3.05, 3.63) is 60.3 Å². The topological polar surface area (TPSA) is 83.2 Å². The summed E-state index contributed by atoms with van der Waals surface area (Å²) in [6.07, 6.45) is 4.04. The molecule has 27 heavy (non-hydrogen) atoms. The molecule has 0 bridgehead atoms. The molecule has 6 nitrogen and oxygen atoms in total. The van der Waals surface area contributed by atoms with Gasteiger partial charge in [0.1, 0.15) is 6.61 Å². The number of ether oxygens (including phenoxy) is 1. The molecule has 2 amide bonds.